The summed E-state index contributed by atoms with van der Waals surface area (Å²) in [5, 5.41) is 13.7. The Kier molecular flexibility index (Phi) is 7.40. The molecule has 2 N–H and O–H groups in total. The number of ether oxygens (including phenoxy) is 2. The Morgan fingerprint density at radius 3 is 2.47 bits per heavy atom. The number of halogens is 2. The fourth-order valence-electron chi connectivity index (χ4n) is 4.08. The van der Waals surface area contributed by atoms with Gasteiger partial charge in [-0.2, -0.15) is 0 Å². The van der Waals surface area contributed by atoms with E-state index in [-0.39, 0.29) is 12.4 Å². The van der Waals surface area contributed by atoms with Crippen LogP contribution in [0.4, 0.5) is 10.5 Å². The number of fused-ring (bicyclic) bond motifs is 1. The molecule has 38 heavy (non-hydrogen) atoms. The zero-order valence-corrected chi connectivity index (χ0v) is 21.8. The van der Waals surface area contributed by atoms with Crippen molar-refractivity contribution in [3.8, 4) is 22.9 Å². The number of aromatic hydroxyl groups is 1. The molecule has 7 nitrogen and oxygen atoms in total. The Bertz CT molecular complexity index is 1620. The molecule has 0 saturated heterocycles. The second kappa shape index (κ2) is 11.0. The molecular formula is C29H23Cl2N3O4. The molecule has 0 saturated carbocycles. The van der Waals surface area contributed by atoms with Gasteiger partial charge in [-0.15, -0.1) is 0 Å². The van der Waals surface area contributed by atoms with E-state index in [1.807, 2.05) is 48.5 Å². The molecule has 0 spiro atoms. The number of hydrogen-bond donors (Lipinski definition) is 2. The fourth-order valence-corrected chi connectivity index (χ4v) is 4.40. The predicted molar refractivity (Wildman–Crippen MR) is 149 cm³/mol. The number of anilines is 1. The van der Waals surface area contributed by atoms with Gasteiger partial charge in [0, 0.05) is 12.1 Å². The van der Waals surface area contributed by atoms with E-state index in [9.17, 15) is 9.90 Å². The zero-order chi connectivity index (χ0) is 26.6. The quantitative estimate of drug-likeness (QED) is 0.219. The van der Waals surface area contributed by atoms with Gasteiger partial charge >= 0.3 is 6.09 Å². The highest BCUT2D eigenvalue weighted by atomic mass is 35.5. The number of methoxy groups -OCH3 is 1. The summed E-state index contributed by atoms with van der Waals surface area (Å²) in [6.45, 7) is 0.536. The molecule has 0 atom stereocenters. The van der Waals surface area contributed by atoms with Crippen LogP contribution in [0.3, 0.4) is 0 Å². The molecule has 9 heteroatoms. The topological polar surface area (TPSA) is 85.6 Å². The van der Waals surface area contributed by atoms with Crippen LogP contribution >= 0.6 is 23.2 Å². The number of imidazole rings is 1. The van der Waals surface area contributed by atoms with Crippen molar-refractivity contribution in [1.29, 1.82) is 0 Å². The van der Waals surface area contributed by atoms with Gasteiger partial charge in [0.2, 0.25) is 0 Å². The molecule has 0 aliphatic heterocycles. The normalized spacial score (nSPS) is 10.9. The van der Waals surface area contributed by atoms with E-state index < -0.39 is 6.09 Å². The average Bonchev–Trinajstić information content (AvgIpc) is 3.29. The maximum atomic E-state index is 13.4. The molecule has 0 bridgehead atoms. The SMILES string of the molecule is COc1ccc(-c2nc3cc(Cl)c(Cl)cc3n2C(=O)OCc2ccccc2)cc1NCc1cccc(O)c1. The maximum Gasteiger partial charge on any atom is 0.420 e. The number of rotatable bonds is 7. The van der Waals surface area contributed by atoms with Crippen molar-refractivity contribution < 1.29 is 19.4 Å². The highest BCUT2D eigenvalue weighted by molar-refractivity contribution is 6.42. The first-order chi connectivity index (χ1) is 18.4. The van der Waals surface area contributed by atoms with Crippen LogP contribution in [0.1, 0.15) is 11.1 Å². The monoisotopic (exact) mass is 547 g/mol. The van der Waals surface area contributed by atoms with Gasteiger partial charge in [-0.25, -0.2) is 14.3 Å². The van der Waals surface area contributed by atoms with E-state index in [4.69, 9.17) is 37.7 Å². The number of nitrogens with one attached hydrogen (secondary N) is 1. The van der Waals surface area contributed by atoms with Gasteiger partial charge in [0.05, 0.1) is 33.9 Å². The van der Waals surface area contributed by atoms with Gasteiger partial charge in [-0.05, 0) is 53.6 Å². The van der Waals surface area contributed by atoms with E-state index in [2.05, 4.69) is 5.32 Å². The second-order valence-electron chi connectivity index (χ2n) is 8.50. The molecule has 5 aromatic rings. The van der Waals surface area contributed by atoms with Crippen LogP contribution in [-0.2, 0) is 17.9 Å². The highest BCUT2D eigenvalue weighted by Crippen LogP contribution is 2.35. The summed E-state index contributed by atoms with van der Waals surface area (Å²) in [6.07, 6.45) is -0.602. The molecule has 0 radical (unpaired) electrons. The molecule has 0 unspecified atom stereocenters. The Hall–Kier alpha value is -4.20. The average molecular weight is 548 g/mol. The van der Waals surface area contributed by atoms with Gasteiger partial charge in [0.15, 0.2) is 5.82 Å². The molecule has 4 aromatic carbocycles. The van der Waals surface area contributed by atoms with Crippen LogP contribution in [-0.4, -0.2) is 27.9 Å². The zero-order valence-electron chi connectivity index (χ0n) is 20.3. The fraction of sp³-hybridized carbons (Fsp3) is 0.103. The first-order valence-corrected chi connectivity index (χ1v) is 12.5. The largest absolute Gasteiger partial charge is 0.508 e. The lowest BCUT2D eigenvalue weighted by Gasteiger charge is -2.14. The van der Waals surface area contributed by atoms with Crippen LogP contribution in [0.25, 0.3) is 22.4 Å². The van der Waals surface area contributed by atoms with Crippen molar-refractivity contribution in [2.45, 2.75) is 13.2 Å². The van der Waals surface area contributed by atoms with Gasteiger partial charge < -0.3 is 19.9 Å². The smallest absolute Gasteiger partial charge is 0.420 e. The number of carbonyl (C=O) groups excluding carboxylic acids is 1. The first kappa shape index (κ1) is 25.4. The minimum Gasteiger partial charge on any atom is -0.508 e. The Balaban J connectivity index is 1.54. The van der Waals surface area contributed by atoms with E-state index >= 15 is 0 Å². The standard InChI is InChI=1S/C29H23Cl2N3O4/c1-37-27-11-10-20(13-25(27)32-16-19-8-5-9-21(35)12-19)28-33-24-14-22(30)23(31)15-26(24)34(28)29(36)38-17-18-6-3-2-4-7-18/h2-15,32,35H,16-17H2,1H3. The lowest BCUT2D eigenvalue weighted by atomic mass is 10.1. The van der Waals surface area contributed by atoms with Crippen molar-refractivity contribution in [2.75, 3.05) is 12.4 Å². The molecule has 0 fully saturated rings. The Morgan fingerprint density at radius 2 is 1.71 bits per heavy atom. The van der Waals surface area contributed by atoms with Crippen LogP contribution < -0.4 is 10.1 Å². The van der Waals surface area contributed by atoms with E-state index in [0.29, 0.717) is 50.4 Å². The summed E-state index contributed by atoms with van der Waals surface area (Å²) in [7, 11) is 1.58. The Labute approximate surface area is 229 Å². The van der Waals surface area contributed by atoms with Crippen molar-refractivity contribution in [3.05, 3.63) is 106 Å². The first-order valence-electron chi connectivity index (χ1n) is 11.7. The number of phenols is 1. The van der Waals surface area contributed by atoms with E-state index in [1.54, 1.807) is 43.5 Å². The Morgan fingerprint density at radius 1 is 0.947 bits per heavy atom. The lowest BCUT2D eigenvalue weighted by molar-refractivity contribution is 0.142. The van der Waals surface area contributed by atoms with Gasteiger partial charge in [0.1, 0.15) is 18.1 Å². The highest BCUT2D eigenvalue weighted by Gasteiger charge is 2.22. The second-order valence-corrected chi connectivity index (χ2v) is 9.32. The van der Waals surface area contributed by atoms with E-state index in [1.165, 1.54) is 4.57 Å². The van der Waals surface area contributed by atoms with Crippen molar-refractivity contribution >= 4 is 46.0 Å². The van der Waals surface area contributed by atoms with E-state index in [0.717, 1.165) is 11.1 Å². The molecule has 5 rings (SSSR count). The van der Waals surface area contributed by atoms with Crippen molar-refractivity contribution in [3.63, 3.8) is 0 Å². The summed E-state index contributed by atoms with van der Waals surface area (Å²) in [4.78, 5) is 18.1. The lowest BCUT2D eigenvalue weighted by Crippen LogP contribution is -2.15. The third kappa shape index (κ3) is 5.39. The van der Waals surface area contributed by atoms with Crippen LogP contribution in [0, 0.1) is 0 Å². The minimum atomic E-state index is -0.602. The van der Waals surface area contributed by atoms with Crippen LogP contribution in [0.5, 0.6) is 11.5 Å². The van der Waals surface area contributed by atoms with Crippen LogP contribution in [0.2, 0.25) is 10.0 Å². The van der Waals surface area contributed by atoms with Crippen LogP contribution in [0.15, 0.2) is 84.9 Å². The minimum absolute atomic E-state index is 0.0967. The van der Waals surface area contributed by atoms with Crippen molar-refractivity contribution in [1.82, 2.24) is 9.55 Å². The molecule has 1 heterocycles. The molecule has 0 aliphatic rings. The predicted octanol–water partition coefficient (Wildman–Crippen LogP) is 7.52. The number of hydrogen-bond acceptors (Lipinski definition) is 6. The number of aromatic nitrogens is 2. The maximum absolute atomic E-state index is 13.4. The summed E-state index contributed by atoms with van der Waals surface area (Å²) in [5.41, 5.74) is 4.04. The molecule has 1 aromatic heterocycles. The summed E-state index contributed by atoms with van der Waals surface area (Å²) >= 11 is 12.5. The molecular weight excluding hydrogens is 525 g/mol. The van der Waals surface area contributed by atoms with Gasteiger partial charge in [-0.3, -0.25) is 0 Å². The number of phenolic OH excluding ortho intramolecular Hbond substituents is 1. The number of nitrogens with zero attached hydrogens (tertiary/aromatic N) is 2. The molecule has 0 amide bonds. The van der Waals surface area contributed by atoms with Gasteiger partial charge in [0.25, 0.3) is 0 Å². The third-order valence-electron chi connectivity index (χ3n) is 5.94. The van der Waals surface area contributed by atoms with Gasteiger partial charge in [-0.1, -0.05) is 65.7 Å². The molecule has 192 valence electrons. The summed E-state index contributed by atoms with van der Waals surface area (Å²) < 4.78 is 12.6. The van der Waals surface area contributed by atoms with Crippen molar-refractivity contribution in [2.24, 2.45) is 0 Å². The summed E-state index contributed by atoms with van der Waals surface area (Å²) in [6, 6.07) is 25.1. The summed E-state index contributed by atoms with van der Waals surface area (Å²) in [5.74, 6) is 1.15. The molecule has 0 aliphatic carbocycles. The number of carbonyl (C=O) groups is 1. The third-order valence-corrected chi connectivity index (χ3v) is 6.66. The number of benzene rings is 4.